The van der Waals surface area contributed by atoms with E-state index in [9.17, 15) is 9.59 Å². The Morgan fingerprint density at radius 2 is 2.05 bits per heavy atom. The summed E-state index contributed by atoms with van der Waals surface area (Å²) in [5.41, 5.74) is 2.31. The van der Waals surface area contributed by atoms with Gasteiger partial charge in [-0.3, -0.25) is 14.7 Å². The fourth-order valence-corrected chi connectivity index (χ4v) is 1.92. The molecule has 3 N–H and O–H groups in total. The summed E-state index contributed by atoms with van der Waals surface area (Å²) in [6.45, 7) is 3.39. The Morgan fingerprint density at radius 1 is 1.27 bits per heavy atom. The Bertz CT molecular complexity index is 694. The Kier molecular flexibility index (Phi) is 4.77. The standard InChI is InChI=1S/C15H18N4O3/c1-4-10-7-13(19-18-10)15(21)17-11-5-6-12(16-9(2)20)14(8-11)22-3/h5-8H,4H2,1-3H3,(H,16,20)(H,17,21)(H,18,19). The summed E-state index contributed by atoms with van der Waals surface area (Å²) >= 11 is 0. The highest BCUT2D eigenvalue weighted by molar-refractivity contribution is 6.03. The number of carbonyl (C=O) groups is 2. The molecule has 22 heavy (non-hydrogen) atoms. The minimum Gasteiger partial charge on any atom is -0.494 e. The molecule has 1 aromatic heterocycles. The molecule has 7 nitrogen and oxygen atoms in total. The van der Waals surface area contributed by atoms with Crippen LogP contribution < -0.4 is 15.4 Å². The van der Waals surface area contributed by atoms with Crippen LogP contribution >= 0.6 is 0 Å². The molecule has 7 heteroatoms. The number of ether oxygens (including phenoxy) is 1. The van der Waals surface area contributed by atoms with Crippen molar-refractivity contribution in [3.05, 3.63) is 35.7 Å². The van der Waals surface area contributed by atoms with Gasteiger partial charge >= 0.3 is 0 Å². The highest BCUT2D eigenvalue weighted by Gasteiger charge is 2.12. The second kappa shape index (κ2) is 6.75. The lowest BCUT2D eigenvalue weighted by Gasteiger charge is -2.11. The third-order valence-corrected chi connectivity index (χ3v) is 3.01. The molecule has 0 spiro atoms. The molecule has 2 rings (SSSR count). The van der Waals surface area contributed by atoms with Gasteiger partial charge < -0.3 is 15.4 Å². The first-order valence-corrected chi connectivity index (χ1v) is 6.84. The first-order chi connectivity index (χ1) is 10.5. The smallest absolute Gasteiger partial charge is 0.276 e. The molecular formula is C15H18N4O3. The van der Waals surface area contributed by atoms with E-state index in [4.69, 9.17) is 4.74 Å². The number of nitrogens with zero attached hydrogens (tertiary/aromatic N) is 1. The summed E-state index contributed by atoms with van der Waals surface area (Å²) in [4.78, 5) is 23.2. The van der Waals surface area contributed by atoms with Crippen molar-refractivity contribution in [3.63, 3.8) is 0 Å². The van der Waals surface area contributed by atoms with Crippen molar-refractivity contribution in [2.75, 3.05) is 17.7 Å². The Balaban J connectivity index is 2.15. The Hall–Kier alpha value is -2.83. The van der Waals surface area contributed by atoms with E-state index in [-0.39, 0.29) is 11.8 Å². The quantitative estimate of drug-likeness (QED) is 0.788. The van der Waals surface area contributed by atoms with Crippen molar-refractivity contribution >= 4 is 23.2 Å². The number of nitrogens with one attached hydrogen (secondary N) is 3. The van der Waals surface area contributed by atoms with E-state index in [0.717, 1.165) is 12.1 Å². The second-order valence-electron chi connectivity index (χ2n) is 4.68. The van der Waals surface area contributed by atoms with Crippen LogP contribution in [0.5, 0.6) is 5.75 Å². The van der Waals surface area contributed by atoms with Gasteiger partial charge in [0, 0.05) is 24.4 Å². The maximum Gasteiger partial charge on any atom is 0.276 e. The topological polar surface area (TPSA) is 96.1 Å². The zero-order valence-corrected chi connectivity index (χ0v) is 12.7. The molecule has 0 radical (unpaired) electrons. The number of hydrogen-bond donors (Lipinski definition) is 3. The zero-order valence-electron chi connectivity index (χ0n) is 12.7. The van der Waals surface area contributed by atoms with Gasteiger partial charge in [0.15, 0.2) is 5.69 Å². The van der Waals surface area contributed by atoms with Crippen LogP contribution in [-0.4, -0.2) is 29.1 Å². The molecule has 116 valence electrons. The van der Waals surface area contributed by atoms with Gasteiger partial charge in [-0.15, -0.1) is 0 Å². The number of aromatic nitrogens is 2. The Labute approximate surface area is 128 Å². The van der Waals surface area contributed by atoms with Gasteiger partial charge in [-0.25, -0.2) is 0 Å². The minimum atomic E-state index is -0.315. The Morgan fingerprint density at radius 3 is 2.64 bits per heavy atom. The molecule has 0 unspecified atom stereocenters. The molecule has 0 saturated heterocycles. The second-order valence-corrected chi connectivity index (χ2v) is 4.68. The summed E-state index contributed by atoms with van der Waals surface area (Å²) in [7, 11) is 1.49. The summed E-state index contributed by atoms with van der Waals surface area (Å²) in [5.74, 6) is -0.0479. The van der Waals surface area contributed by atoms with Crippen LogP contribution in [0.4, 0.5) is 11.4 Å². The van der Waals surface area contributed by atoms with Crippen molar-refractivity contribution in [3.8, 4) is 5.75 Å². The van der Waals surface area contributed by atoms with E-state index in [2.05, 4.69) is 20.8 Å². The third kappa shape index (κ3) is 3.63. The largest absolute Gasteiger partial charge is 0.494 e. The van der Waals surface area contributed by atoms with Gasteiger partial charge in [-0.2, -0.15) is 5.10 Å². The number of aromatic amines is 1. The maximum absolute atomic E-state index is 12.1. The minimum absolute atomic E-state index is 0.196. The lowest BCUT2D eigenvalue weighted by Crippen LogP contribution is -2.13. The number of rotatable bonds is 5. The average molecular weight is 302 g/mol. The highest BCUT2D eigenvalue weighted by atomic mass is 16.5. The molecule has 0 atom stereocenters. The normalized spacial score (nSPS) is 10.1. The lowest BCUT2D eigenvalue weighted by molar-refractivity contribution is -0.114. The number of amides is 2. The summed E-state index contributed by atoms with van der Waals surface area (Å²) in [5, 5.41) is 12.1. The van der Waals surface area contributed by atoms with Crippen molar-refractivity contribution in [1.82, 2.24) is 10.2 Å². The number of aryl methyl sites for hydroxylation is 1. The van der Waals surface area contributed by atoms with Crippen LogP contribution in [0.25, 0.3) is 0 Å². The first-order valence-electron chi connectivity index (χ1n) is 6.84. The van der Waals surface area contributed by atoms with Crippen molar-refractivity contribution in [1.29, 1.82) is 0 Å². The van der Waals surface area contributed by atoms with Gasteiger partial charge in [0.25, 0.3) is 5.91 Å². The van der Waals surface area contributed by atoms with Crippen LogP contribution in [-0.2, 0) is 11.2 Å². The SMILES string of the molecule is CCc1cc(C(=O)Nc2ccc(NC(C)=O)c(OC)c2)n[nH]1. The summed E-state index contributed by atoms with van der Waals surface area (Å²) < 4.78 is 5.21. The molecular weight excluding hydrogens is 284 g/mol. The zero-order chi connectivity index (χ0) is 16.1. The molecule has 1 heterocycles. The molecule has 2 amide bonds. The van der Waals surface area contributed by atoms with Gasteiger partial charge in [0.05, 0.1) is 12.8 Å². The van der Waals surface area contributed by atoms with Crippen LogP contribution in [0.2, 0.25) is 0 Å². The van der Waals surface area contributed by atoms with Crippen LogP contribution in [0.15, 0.2) is 24.3 Å². The number of H-pyrrole nitrogens is 1. The number of hydrogen-bond acceptors (Lipinski definition) is 4. The van der Waals surface area contributed by atoms with Gasteiger partial charge in [-0.05, 0) is 24.6 Å². The van der Waals surface area contributed by atoms with E-state index >= 15 is 0 Å². The predicted octanol–water partition coefficient (Wildman–Crippen LogP) is 2.19. The molecule has 1 aromatic carbocycles. The molecule has 0 fully saturated rings. The predicted molar refractivity (Wildman–Crippen MR) is 83.2 cm³/mol. The van der Waals surface area contributed by atoms with Gasteiger partial charge in [0.2, 0.25) is 5.91 Å². The van der Waals surface area contributed by atoms with Gasteiger partial charge in [0.1, 0.15) is 5.75 Å². The van der Waals surface area contributed by atoms with E-state index in [1.165, 1.54) is 14.0 Å². The summed E-state index contributed by atoms with van der Waals surface area (Å²) in [6.07, 6.45) is 0.777. The van der Waals surface area contributed by atoms with Gasteiger partial charge in [-0.1, -0.05) is 6.92 Å². The van der Waals surface area contributed by atoms with E-state index in [1.807, 2.05) is 6.92 Å². The molecule has 0 aliphatic rings. The molecule has 0 aliphatic heterocycles. The van der Waals surface area contributed by atoms with Crippen LogP contribution in [0.1, 0.15) is 30.0 Å². The average Bonchev–Trinajstić information content (AvgIpc) is 2.97. The number of benzene rings is 1. The fraction of sp³-hybridized carbons (Fsp3) is 0.267. The van der Waals surface area contributed by atoms with E-state index in [1.54, 1.807) is 24.3 Å². The lowest BCUT2D eigenvalue weighted by atomic mass is 10.2. The first kappa shape index (κ1) is 15.6. The molecule has 0 bridgehead atoms. The van der Waals surface area contributed by atoms with E-state index < -0.39 is 0 Å². The maximum atomic E-state index is 12.1. The van der Waals surface area contributed by atoms with Crippen molar-refractivity contribution < 1.29 is 14.3 Å². The number of anilines is 2. The number of carbonyl (C=O) groups excluding carboxylic acids is 2. The van der Waals surface area contributed by atoms with Crippen LogP contribution in [0.3, 0.4) is 0 Å². The molecule has 0 aliphatic carbocycles. The van der Waals surface area contributed by atoms with Crippen molar-refractivity contribution in [2.24, 2.45) is 0 Å². The highest BCUT2D eigenvalue weighted by Crippen LogP contribution is 2.28. The van der Waals surface area contributed by atoms with E-state index in [0.29, 0.717) is 22.8 Å². The van der Waals surface area contributed by atoms with Crippen molar-refractivity contribution in [2.45, 2.75) is 20.3 Å². The van der Waals surface area contributed by atoms with Crippen LogP contribution in [0, 0.1) is 0 Å². The molecule has 2 aromatic rings. The number of methoxy groups -OCH3 is 1. The third-order valence-electron chi connectivity index (χ3n) is 3.01. The monoisotopic (exact) mass is 302 g/mol. The molecule has 0 saturated carbocycles. The fourth-order valence-electron chi connectivity index (χ4n) is 1.92. The summed E-state index contributed by atoms with van der Waals surface area (Å²) in [6, 6.07) is 6.69.